The molecule has 1 aliphatic heterocycles. The summed E-state index contributed by atoms with van der Waals surface area (Å²) in [6.45, 7) is 3.41. The van der Waals surface area contributed by atoms with Gasteiger partial charge in [0.1, 0.15) is 17.4 Å². The molecule has 0 amide bonds. The Labute approximate surface area is 226 Å². The van der Waals surface area contributed by atoms with Crippen LogP contribution in [0.3, 0.4) is 0 Å². The van der Waals surface area contributed by atoms with E-state index in [0.29, 0.717) is 58.1 Å². The fourth-order valence-electron chi connectivity index (χ4n) is 4.84. The molecule has 3 N–H and O–H groups in total. The summed E-state index contributed by atoms with van der Waals surface area (Å²) in [7, 11) is 4.52. The molecule has 0 atom stereocenters. The molecular formula is C28H33ClN2O7. The van der Waals surface area contributed by atoms with Crippen LogP contribution >= 0.6 is 11.6 Å². The van der Waals surface area contributed by atoms with Gasteiger partial charge in [0.2, 0.25) is 5.75 Å². The number of fused-ring (bicyclic) bond motifs is 1. The van der Waals surface area contributed by atoms with Gasteiger partial charge in [-0.1, -0.05) is 11.6 Å². The number of piperidine rings is 1. The molecule has 0 saturated carbocycles. The van der Waals surface area contributed by atoms with Crippen molar-refractivity contribution in [3.63, 3.8) is 0 Å². The van der Waals surface area contributed by atoms with Crippen LogP contribution in [0, 0.1) is 6.92 Å². The van der Waals surface area contributed by atoms with Gasteiger partial charge in [-0.25, -0.2) is 4.79 Å². The second-order valence-electron chi connectivity index (χ2n) is 9.21. The summed E-state index contributed by atoms with van der Waals surface area (Å²) < 4.78 is 27.8. The van der Waals surface area contributed by atoms with Crippen molar-refractivity contribution in [1.82, 2.24) is 5.32 Å². The molecule has 3 aromatic rings. The molecule has 9 nitrogen and oxygen atoms in total. The van der Waals surface area contributed by atoms with E-state index in [1.54, 1.807) is 12.1 Å². The van der Waals surface area contributed by atoms with E-state index in [1.807, 2.05) is 6.92 Å². The molecule has 1 aliphatic rings. The Morgan fingerprint density at radius 3 is 2.34 bits per heavy atom. The highest BCUT2D eigenvalue weighted by atomic mass is 35.5. The average molecular weight is 545 g/mol. The maximum atomic E-state index is 13.0. The molecule has 4 rings (SSSR count). The SMILES string of the molecule is COc1cc(C(=O)CCCc2c(C)oc3c(C(=O)OC4CCNCC4)cc(Cl)c(N)c23)cc(OC)c1OC. The minimum atomic E-state index is -0.485. The van der Waals surface area contributed by atoms with Crippen LogP contribution in [-0.4, -0.2) is 52.3 Å². The van der Waals surface area contributed by atoms with Gasteiger partial charge in [-0.3, -0.25) is 4.79 Å². The predicted octanol–water partition coefficient (Wildman–Crippen LogP) is 5.12. The predicted molar refractivity (Wildman–Crippen MR) is 145 cm³/mol. The number of halogens is 1. The molecule has 1 aromatic heterocycles. The fourth-order valence-corrected chi connectivity index (χ4v) is 5.04. The molecule has 2 aromatic carbocycles. The number of carbonyl (C=O) groups is 2. The molecular weight excluding hydrogens is 512 g/mol. The number of aryl methyl sites for hydroxylation is 2. The zero-order chi connectivity index (χ0) is 27.4. The van der Waals surface area contributed by atoms with Gasteiger partial charge in [0.05, 0.1) is 32.0 Å². The van der Waals surface area contributed by atoms with Gasteiger partial charge >= 0.3 is 5.97 Å². The van der Waals surface area contributed by atoms with Crippen LogP contribution in [0.5, 0.6) is 17.2 Å². The van der Waals surface area contributed by atoms with Gasteiger partial charge in [0.25, 0.3) is 0 Å². The first-order valence-electron chi connectivity index (χ1n) is 12.5. The summed E-state index contributed by atoms with van der Waals surface area (Å²) in [5.41, 5.74) is 8.55. The van der Waals surface area contributed by atoms with E-state index in [2.05, 4.69) is 5.32 Å². The quantitative estimate of drug-likeness (QED) is 0.203. The molecule has 1 fully saturated rings. The first-order chi connectivity index (χ1) is 18.3. The van der Waals surface area contributed by atoms with Crippen LogP contribution in [0.2, 0.25) is 5.02 Å². The highest BCUT2D eigenvalue weighted by Gasteiger charge is 2.26. The summed E-state index contributed by atoms with van der Waals surface area (Å²) in [4.78, 5) is 26.1. The third-order valence-corrected chi connectivity index (χ3v) is 7.16. The van der Waals surface area contributed by atoms with Crippen LogP contribution in [0.1, 0.15) is 57.7 Å². The number of hydrogen-bond acceptors (Lipinski definition) is 9. The second kappa shape index (κ2) is 12.0. The highest BCUT2D eigenvalue weighted by Crippen LogP contribution is 2.40. The van der Waals surface area contributed by atoms with Crippen LogP contribution in [0.25, 0.3) is 11.0 Å². The number of nitrogen functional groups attached to an aromatic ring is 1. The number of carbonyl (C=O) groups excluding carboxylic acids is 2. The summed E-state index contributed by atoms with van der Waals surface area (Å²) >= 11 is 6.43. The number of ether oxygens (including phenoxy) is 4. The van der Waals surface area contributed by atoms with E-state index < -0.39 is 5.97 Å². The van der Waals surface area contributed by atoms with Crippen molar-refractivity contribution in [2.75, 3.05) is 40.2 Å². The summed E-state index contributed by atoms with van der Waals surface area (Å²) in [6.07, 6.45) is 2.62. The Morgan fingerprint density at radius 1 is 1.08 bits per heavy atom. The maximum absolute atomic E-state index is 13.0. The van der Waals surface area contributed by atoms with E-state index in [9.17, 15) is 9.59 Å². The Bertz CT molecular complexity index is 1320. The lowest BCUT2D eigenvalue weighted by molar-refractivity contribution is 0.0230. The lowest BCUT2D eigenvalue weighted by Crippen LogP contribution is -2.33. The summed E-state index contributed by atoms with van der Waals surface area (Å²) in [5.74, 6) is 1.31. The monoisotopic (exact) mass is 544 g/mol. The molecule has 10 heteroatoms. The van der Waals surface area contributed by atoms with Crippen LogP contribution in [-0.2, 0) is 11.2 Å². The third-order valence-electron chi connectivity index (χ3n) is 6.85. The molecule has 0 unspecified atom stereocenters. The van der Waals surface area contributed by atoms with E-state index in [0.717, 1.165) is 31.5 Å². The van der Waals surface area contributed by atoms with E-state index in [4.69, 9.17) is 40.7 Å². The zero-order valence-electron chi connectivity index (χ0n) is 22.1. The fraction of sp³-hybridized carbons (Fsp3) is 0.429. The van der Waals surface area contributed by atoms with E-state index in [-0.39, 0.29) is 28.9 Å². The number of anilines is 1. The van der Waals surface area contributed by atoms with Gasteiger partial charge in [-0.2, -0.15) is 0 Å². The number of Topliss-reactive ketones (excluding diaryl/α,β-unsaturated/α-hetero) is 1. The van der Waals surface area contributed by atoms with Crippen molar-refractivity contribution in [1.29, 1.82) is 0 Å². The topological polar surface area (TPSA) is 122 Å². The number of nitrogens with two attached hydrogens (primary N) is 1. The average Bonchev–Trinajstić information content (AvgIpc) is 3.26. The molecule has 1 saturated heterocycles. The van der Waals surface area contributed by atoms with Crippen LogP contribution in [0.15, 0.2) is 22.6 Å². The van der Waals surface area contributed by atoms with Crippen LogP contribution in [0.4, 0.5) is 5.69 Å². The lowest BCUT2D eigenvalue weighted by Gasteiger charge is -2.22. The van der Waals surface area contributed by atoms with Crippen molar-refractivity contribution in [3.8, 4) is 17.2 Å². The Balaban J connectivity index is 1.54. The Kier molecular flexibility index (Phi) is 8.69. The van der Waals surface area contributed by atoms with Crippen molar-refractivity contribution < 1.29 is 33.0 Å². The molecule has 0 spiro atoms. The summed E-state index contributed by atoms with van der Waals surface area (Å²) in [6, 6.07) is 4.78. The number of nitrogens with one attached hydrogen (secondary N) is 1. The first-order valence-corrected chi connectivity index (χ1v) is 12.9. The zero-order valence-corrected chi connectivity index (χ0v) is 22.8. The number of furan rings is 1. The number of methoxy groups -OCH3 is 3. The maximum Gasteiger partial charge on any atom is 0.342 e. The van der Waals surface area contributed by atoms with Gasteiger partial charge in [0, 0.05) is 22.9 Å². The molecule has 204 valence electrons. The van der Waals surface area contributed by atoms with Crippen LogP contribution < -0.4 is 25.3 Å². The largest absolute Gasteiger partial charge is 0.493 e. The molecule has 0 radical (unpaired) electrons. The second-order valence-corrected chi connectivity index (χ2v) is 9.61. The lowest BCUT2D eigenvalue weighted by atomic mass is 9.98. The molecule has 38 heavy (non-hydrogen) atoms. The minimum Gasteiger partial charge on any atom is -0.493 e. The van der Waals surface area contributed by atoms with Crippen molar-refractivity contribution in [2.45, 2.75) is 45.1 Å². The molecule has 0 bridgehead atoms. The third kappa shape index (κ3) is 5.54. The van der Waals surface area contributed by atoms with Gasteiger partial charge < -0.3 is 34.4 Å². The number of esters is 1. The van der Waals surface area contributed by atoms with Crippen molar-refractivity contribution >= 4 is 40.0 Å². The number of ketones is 1. The summed E-state index contributed by atoms with van der Waals surface area (Å²) in [5, 5.41) is 4.09. The van der Waals surface area contributed by atoms with E-state index >= 15 is 0 Å². The number of benzene rings is 2. The number of hydrogen-bond donors (Lipinski definition) is 2. The molecule has 0 aliphatic carbocycles. The standard InChI is InChI=1S/C28H33ClN2O7/c1-15-18(6-5-7-21(32)16-12-22(34-2)27(36-4)23(13-16)35-3)24-25(30)20(29)14-19(26(24)37-15)28(33)38-17-8-10-31-11-9-17/h12-14,17,31H,5-11,30H2,1-4H3. The van der Waals surface area contributed by atoms with Gasteiger partial charge in [0.15, 0.2) is 22.9 Å². The van der Waals surface area contributed by atoms with E-state index in [1.165, 1.54) is 27.4 Å². The normalized spacial score (nSPS) is 13.9. The Hall–Kier alpha value is -3.43. The smallest absolute Gasteiger partial charge is 0.342 e. The first kappa shape index (κ1) is 27.6. The molecule has 2 heterocycles. The van der Waals surface area contributed by atoms with Crippen molar-refractivity contribution in [3.05, 3.63) is 45.7 Å². The Morgan fingerprint density at radius 2 is 1.74 bits per heavy atom. The van der Waals surface area contributed by atoms with Gasteiger partial charge in [-0.05, 0) is 63.9 Å². The van der Waals surface area contributed by atoms with Gasteiger partial charge in [-0.15, -0.1) is 0 Å². The van der Waals surface area contributed by atoms with Crippen molar-refractivity contribution in [2.24, 2.45) is 0 Å². The highest BCUT2D eigenvalue weighted by molar-refractivity contribution is 6.35. The minimum absolute atomic E-state index is 0.0769. The number of rotatable bonds is 10.